The lowest BCUT2D eigenvalue weighted by atomic mass is 9.95. The first-order valence-corrected chi connectivity index (χ1v) is 13.5. The van der Waals surface area contributed by atoms with Crippen LogP contribution >= 0.6 is 11.8 Å². The number of carboxylic acid groups (broad SMARTS) is 1. The first-order chi connectivity index (χ1) is 19.9. The van der Waals surface area contributed by atoms with E-state index in [-0.39, 0.29) is 10.9 Å². The number of fused-ring (bicyclic) bond motifs is 2. The quantitative estimate of drug-likeness (QED) is 0.349. The lowest BCUT2D eigenvalue weighted by Gasteiger charge is -2.44. The van der Waals surface area contributed by atoms with Gasteiger partial charge in [-0.05, 0) is 25.5 Å². The second-order valence-corrected chi connectivity index (χ2v) is 12.1. The maximum Gasteiger partial charge on any atom is 0.327 e. The number of benzene rings is 2. The van der Waals surface area contributed by atoms with E-state index in [0.717, 1.165) is 16.8 Å². The number of nitrogens with zero attached hydrogens (tertiary/aromatic N) is 3. The maximum absolute atomic E-state index is 14.0. The van der Waals surface area contributed by atoms with E-state index >= 15 is 0 Å². The summed E-state index contributed by atoms with van der Waals surface area (Å²) in [7, 11) is 0. The van der Waals surface area contributed by atoms with Crippen LogP contribution < -0.4 is 16.1 Å². The highest BCUT2D eigenvalue weighted by Gasteiger charge is 2.64. The number of halogens is 2. The van der Waals surface area contributed by atoms with Crippen molar-refractivity contribution in [1.82, 2.24) is 20.1 Å². The standard InChI is InChI=1S/C28H23F2N5O6S/c1-28(2)22(27(40)41)35-25(39)20(26(35)42-28)33-24(38)19(13-6-4-3-5-7-13)32-23(37)15-12-34(9-8-31)18-11-17(30)16(29)10-14(18)21(15)36/h3-7,10-12,19-20,22,26H,9H2,1-2H3,(H,32,37)(H,33,38)(H,40,41)/t19-,20-,22+,26-/m1/s1. The molecule has 4 atom stereocenters. The number of amides is 3. The van der Waals surface area contributed by atoms with E-state index in [0.29, 0.717) is 11.6 Å². The molecule has 0 unspecified atom stereocenters. The maximum atomic E-state index is 14.0. The van der Waals surface area contributed by atoms with Crippen molar-refractivity contribution in [2.75, 3.05) is 0 Å². The highest BCUT2D eigenvalue weighted by molar-refractivity contribution is 8.01. The number of nitriles is 1. The van der Waals surface area contributed by atoms with Gasteiger partial charge in [0.15, 0.2) is 11.6 Å². The number of rotatable bonds is 7. The molecule has 2 aliphatic rings. The topological polar surface area (TPSA) is 162 Å². The lowest BCUT2D eigenvalue weighted by Crippen LogP contribution is -2.71. The molecule has 0 saturated carbocycles. The molecule has 2 aliphatic heterocycles. The highest BCUT2D eigenvalue weighted by Crippen LogP contribution is 2.50. The number of β-lactam (4-membered cyclic amide) rings is 1. The van der Waals surface area contributed by atoms with Gasteiger partial charge < -0.3 is 25.2 Å². The molecule has 0 spiro atoms. The zero-order valence-corrected chi connectivity index (χ0v) is 22.9. The summed E-state index contributed by atoms with van der Waals surface area (Å²) in [5.41, 5.74) is -1.27. The van der Waals surface area contributed by atoms with Gasteiger partial charge in [0.1, 0.15) is 35.6 Å². The average Bonchev–Trinajstić information content (AvgIpc) is 3.21. The van der Waals surface area contributed by atoms with Gasteiger partial charge >= 0.3 is 5.97 Å². The van der Waals surface area contributed by atoms with Gasteiger partial charge in [-0.1, -0.05) is 30.3 Å². The number of hydrogen-bond donors (Lipinski definition) is 3. The van der Waals surface area contributed by atoms with Crippen LogP contribution in [0.3, 0.4) is 0 Å². The third-order valence-electron chi connectivity index (χ3n) is 7.25. The van der Waals surface area contributed by atoms with E-state index in [1.807, 2.05) is 6.07 Å². The first-order valence-electron chi connectivity index (χ1n) is 12.6. The molecule has 0 bridgehead atoms. The Hall–Kier alpha value is -4.77. The number of thioether (sulfide) groups is 1. The third-order valence-corrected chi connectivity index (χ3v) is 8.82. The normalized spacial score (nSPS) is 21.2. The van der Waals surface area contributed by atoms with Crippen LogP contribution in [-0.2, 0) is 20.9 Å². The summed E-state index contributed by atoms with van der Waals surface area (Å²) in [6, 6.07) is 7.65. The van der Waals surface area contributed by atoms with E-state index in [1.54, 1.807) is 44.2 Å². The fraction of sp³-hybridized carbons (Fsp3) is 0.286. The fourth-order valence-electron chi connectivity index (χ4n) is 5.29. The van der Waals surface area contributed by atoms with E-state index in [2.05, 4.69) is 10.6 Å². The molecule has 14 heteroatoms. The molecular formula is C28H23F2N5O6S. The van der Waals surface area contributed by atoms with E-state index in [1.165, 1.54) is 16.7 Å². The summed E-state index contributed by atoms with van der Waals surface area (Å²) in [6.07, 6.45) is 1.02. The summed E-state index contributed by atoms with van der Waals surface area (Å²) in [5, 5.41) is 23.0. The summed E-state index contributed by atoms with van der Waals surface area (Å²) >= 11 is 1.23. The Balaban J connectivity index is 1.46. The van der Waals surface area contributed by atoms with E-state index in [4.69, 9.17) is 0 Å². The number of aliphatic carboxylic acids is 1. The predicted octanol–water partition coefficient (Wildman–Crippen LogP) is 1.91. The van der Waals surface area contributed by atoms with Crippen LogP contribution in [0, 0.1) is 23.0 Å². The molecule has 2 fully saturated rings. The van der Waals surface area contributed by atoms with Crippen LogP contribution in [0.25, 0.3) is 10.9 Å². The molecule has 2 saturated heterocycles. The van der Waals surface area contributed by atoms with Crippen molar-refractivity contribution in [1.29, 1.82) is 5.26 Å². The zero-order chi connectivity index (χ0) is 30.5. The summed E-state index contributed by atoms with van der Waals surface area (Å²) in [5.74, 6) is -6.14. The molecule has 3 heterocycles. The number of carbonyl (C=O) groups is 4. The van der Waals surface area contributed by atoms with Gasteiger partial charge in [-0.2, -0.15) is 5.26 Å². The molecule has 42 heavy (non-hydrogen) atoms. The van der Waals surface area contributed by atoms with Gasteiger partial charge in [-0.3, -0.25) is 19.2 Å². The minimum Gasteiger partial charge on any atom is -0.480 e. The van der Waals surface area contributed by atoms with Crippen molar-refractivity contribution in [2.24, 2.45) is 0 Å². The number of carboxylic acids is 1. The van der Waals surface area contributed by atoms with Crippen LogP contribution in [0.5, 0.6) is 0 Å². The summed E-state index contributed by atoms with van der Waals surface area (Å²) < 4.78 is 28.2. The van der Waals surface area contributed by atoms with Gasteiger partial charge in [0.2, 0.25) is 17.2 Å². The SMILES string of the molecule is CC1(C)S[C@@H]2[C@H](NC(=O)[C@H](NC(=O)c3cn(CC#N)c4cc(F)c(F)cc4c3=O)c3ccccc3)C(=O)N2[C@H]1C(=O)O. The highest BCUT2D eigenvalue weighted by atomic mass is 32.2. The zero-order valence-electron chi connectivity index (χ0n) is 22.1. The van der Waals surface area contributed by atoms with Crippen molar-refractivity contribution >= 4 is 46.4 Å². The van der Waals surface area contributed by atoms with Crippen molar-refractivity contribution in [3.63, 3.8) is 0 Å². The van der Waals surface area contributed by atoms with E-state index in [9.17, 15) is 43.1 Å². The van der Waals surface area contributed by atoms with Gasteiger partial charge in [0.25, 0.3) is 5.91 Å². The van der Waals surface area contributed by atoms with Crippen molar-refractivity contribution < 1.29 is 33.1 Å². The molecule has 5 rings (SSSR count). The molecule has 3 aromatic rings. The molecule has 0 aliphatic carbocycles. The molecule has 0 radical (unpaired) electrons. The van der Waals surface area contributed by atoms with Crippen molar-refractivity contribution in [2.45, 2.75) is 48.6 Å². The smallest absolute Gasteiger partial charge is 0.327 e. The van der Waals surface area contributed by atoms with Crippen molar-refractivity contribution in [3.05, 3.63) is 81.6 Å². The number of aromatic nitrogens is 1. The van der Waals surface area contributed by atoms with Gasteiger partial charge in [-0.25, -0.2) is 13.6 Å². The third kappa shape index (κ3) is 4.75. The lowest BCUT2D eigenvalue weighted by molar-refractivity contribution is -0.161. The number of nitrogens with one attached hydrogen (secondary N) is 2. The molecule has 1 aromatic heterocycles. The number of carbonyl (C=O) groups excluding carboxylic acids is 3. The number of hydrogen-bond acceptors (Lipinski definition) is 7. The average molecular weight is 596 g/mol. The minimum atomic E-state index is -1.40. The van der Waals surface area contributed by atoms with E-state index < -0.39 is 81.1 Å². The second-order valence-electron chi connectivity index (χ2n) is 10.3. The van der Waals surface area contributed by atoms with Gasteiger partial charge in [0, 0.05) is 22.4 Å². The van der Waals surface area contributed by atoms with Crippen LogP contribution in [0.1, 0.15) is 35.8 Å². The van der Waals surface area contributed by atoms with Crippen molar-refractivity contribution in [3.8, 4) is 6.07 Å². The Morgan fingerprint density at radius 3 is 2.45 bits per heavy atom. The molecule has 2 aromatic carbocycles. The summed E-state index contributed by atoms with van der Waals surface area (Å²) in [4.78, 5) is 66.1. The van der Waals surface area contributed by atoms with Crippen LogP contribution in [0.4, 0.5) is 8.78 Å². The molecule has 11 nitrogen and oxygen atoms in total. The Kier molecular flexibility index (Phi) is 7.23. The Bertz CT molecular complexity index is 1760. The van der Waals surface area contributed by atoms with Gasteiger partial charge in [0.05, 0.1) is 11.6 Å². The summed E-state index contributed by atoms with van der Waals surface area (Å²) in [6.45, 7) is 2.99. The first kappa shape index (κ1) is 28.7. The monoisotopic (exact) mass is 595 g/mol. The fourth-order valence-corrected chi connectivity index (χ4v) is 6.92. The Labute approximate surface area is 241 Å². The second kappa shape index (κ2) is 10.6. The molecular weight excluding hydrogens is 572 g/mol. The van der Waals surface area contributed by atoms with Crippen LogP contribution in [0.2, 0.25) is 0 Å². The largest absolute Gasteiger partial charge is 0.480 e. The molecule has 3 amide bonds. The molecule has 216 valence electrons. The van der Waals surface area contributed by atoms with Crippen LogP contribution in [-0.4, -0.2) is 60.5 Å². The Morgan fingerprint density at radius 1 is 1.14 bits per heavy atom. The Morgan fingerprint density at radius 2 is 1.81 bits per heavy atom. The minimum absolute atomic E-state index is 0.0981. The predicted molar refractivity (Wildman–Crippen MR) is 146 cm³/mol. The molecule has 3 N–H and O–H groups in total. The number of pyridine rings is 1. The van der Waals surface area contributed by atoms with Gasteiger partial charge in [-0.15, -0.1) is 11.8 Å². The van der Waals surface area contributed by atoms with Crippen LogP contribution in [0.15, 0.2) is 53.5 Å².